The number of thiazole rings is 1. The summed E-state index contributed by atoms with van der Waals surface area (Å²) in [5.74, 6) is -0.263. The zero-order valence-corrected chi connectivity index (χ0v) is 22.1. The van der Waals surface area contributed by atoms with E-state index in [0.717, 1.165) is 32.5 Å². The predicted molar refractivity (Wildman–Crippen MR) is 143 cm³/mol. The Morgan fingerprint density at radius 2 is 1.89 bits per heavy atom. The molecule has 7 nitrogen and oxygen atoms in total. The molecule has 1 unspecified atom stereocenters. The number of aromatic nitrogens is 2. The Balaban J connectivity index is 1.54. The van der Waals surface area contributed by atoms with Crippen molar-refractivity contribution < 1.29 is 13.2 Å². The molecule has 0 N–H and O–H groups in total. The third-order valence-electron chi connectivity index (χ3n) is 6.49. The van der Waals surface area contributed by atoms with Crippen molar-refractivity contribution >= 4 is 42.6 Å². The molecule has 1 aliphatic heterocycles. The fraction of sp³-hybridized carbons (Fsp3) is 0.296. The van der Waals surface area contributed by atoms with Gasteiger partial charge in [-0.1, -0.05) is 41.2 Å². The first-order valence-corrected chi connectivity index (χ1v) is 14.2. The highest BCUT2D eigenvalue weighted by Crippen LogP contribution is 2.35. The fourth-order valence-electron chi connectivity index (χ4n) is 4.69. The minimum atomic E-state index is -3.82. The molecule has 186 valence electrons. The molecule has 1 amide bonds. The Kier molecular flexibility index (Phi) is 6.63. The van der Waals surface area contributed by atoms with Crippen molar-refractivity contribution in [3.8, 4) is 0 Å². The summed E-state index contributed by atoms with van der Waals surface area (Å²) in [6.07, 6.45) is 4.50. The first-order valence-electron chi connectivity index (χ1n) is 11.9. The molecular weight excluding hydrogens is 492 g/mol. The van der Waals surface area contributed by atoms with Crippen molar-refractivity contribution in [1.82, 2.24) is 14.3 Å². The van der Waals surface area contributed by atoms with Crippen LogP contribution >= 0.6 is 11.3 Å². The first-order chi connectivity index (χ1) is 17.2. The van der Waals surface area contributed by atoms with Crippen LogP contribution in [0.5, 0.6) is 0 Å². The molecule has 2 aromatic heterocycles. The van der Waals surface area contributed by atoms with Gasteiger partial charge in [-0.05, 0) is 74.6 Å². The maximum atomic E-state index is 14.1. The fourth-order valence-corrected chi connectivity index (χ4v) is 7.37. The molecule has 4 aromatic rings. The van der Waals surface area contributed by atoms with E-state index in [2.05, 4.69) is 11.1 Å². The second kappa shape index (κ2) is 9.72. The summed E-state index contributed by atoms with van der Waals surface area (Å²) in [7, 11) is -3.82. The van der Waals surface area contributed by atoms with E-state index in [-0.39, 0.29) is 17.3 Å². The normalized spacial score (nSPS) is 16.5. The van der Waals surface area contributed by atoms with Gasteiger partial charge in [-0.2, -0.15) is 4.31 Å². The van der Waals surface area contributed by atoms with E-state index in [9.17, 15) is 13.2 Å². The van der Waals surface area contributed by atoms with Crippen LogP contribution in [0.3, 0.4) is 0 Å². The summed E-state index contributed by atoms with van der Waals surface area (Å²) in [4.78, 5) is 24.9. The lowest BCUT2D eigenvalue weighted by Gasteiger charge is -2.28. The van der Waals surface area contributed by atoms with Crippen LogP contribution in [0.1, 0.15) is 35.1 Å². The summed E-state index contributed by atoms with van der Waals surface area (Å²) in [6.45, 7) is 6.55. The monoisotopic (exact) mass is 520 g/mol. The number of pyridine rings is 1. The number of carbonyl (C=O) groups is 1. The van der Waals surface area contributed by atoms with Crippen molar-refractivity contribution in [2.75, 3.05) is 11.4 Å². The molecular formula is C27H28N4O3S2. The molecule has 9 heteroatoms. The molecule has 0 spiro atoms. The van der Waals surface area contributed by atoms with Gasteiger partial charge < -0.3 is 0 Å². The van der Waals surface area contributed by atoms with Gasteiger partial charge >= 0.3 is 0 Å². The third kappa shape index (κ3) is 4.66. The highest BCUT2D eigenvalue weighted by Gasteiger charge is 2.42. The summed E-state index contributed by atoms with van der Waals surface area (Å²) in [5, 5.41) is 0.562. The standard InChI is InChI=1S/C27H28N4O3S2/c1-18-8-10-22(11-9-18)36(33,34)31-13-5-7-24(31)26(32)30(17-21-6-4-12-28-16-21)27-29-23-15-19(2)14-20(3)25(23)35-27/h4,6,8-12,14-16,24H,5,7,13,17H2,1-3H3. The maximum Gasteiger partial charge on any atom is 0.247 e. The minimum Gasteiger partial charge on any atom is -0.282 e. The molecule has 0 saturated carbocycles. The topological polar surface area (TPSA) is 83.5 Å². The van der Waals surface area contributed by atoms with E-state index in [0.29, 0.717) is 24.5 Å². The Bertz CT molecular complexity index is 1520. The SMILES string of the molecule is Cc1ccc(S(=O)(=O)N2CCCC2C(=O)N(Cc2cccnc2)c2nc3cc(C)cc(C)c3s2)cc1. The molecule has 1 saturated heterocycles. The summed E-state index contributed by atoms with van der Waals surface area (Å²) < 4.78 is 29.4. The average Bonchev–Trinajstić information content (AvgIpc) is 3.51. The van der Waals surface area contributed by atoms with E-state index < -0.39 is 16.1 Å². The number of benzene rings is 2. The van der Waals surface area contributed by atoms with Crippen LogP contribution in [0.2, 0.25) is 0 Å². The van der Waals surface area contributed by atoms with E-state index in [1.165, 1.54) is 15.6 Å². The van der Waals surface area contributed by atoms with Crippen LogP contribution in [-0.4, -0.2) is 41.2 Å². The second-order valence-corrected chi connectivity index (χ2v) is 12.2. The van der Waals surface area contributed by atoms with Gasteiger partial charge in [0.25, 0.3) is 0 Å². The average molecular weight is 521 g/mol. The van der Waals surface area contributed by atoms with Gasteiger partial charge in [-0.25, -0.2) is 13.4 Å². The number of nitrogens with zero attached hydrogens (tertiary/aromatic N) is 4. The van der Waals surface area contributed by atoms with Crippen molar-refractivity contribution in [3.05, 3.63) is 83.2 Å². The zero-order valence-electron chi connectivity index (χ0n) is 20.5. The molecule has 5 rings (SSSR count). The molecule has 36 heavy (non-hydrogen) atoms. The largest absolute Gasteiger partial charge is 0.282 e. The third-order valence-corrected chi connectivity index (χ3v) is 9.64. The summed E-state index contributed by atoms with van der Waals surface area (Å²) >= 11 is 1.46. The lowest BCUT2D eigenvalue weighted by Crippen LogP contribution is -2.47. The highest BCUT2D eigenvalue weighted by atomic mass is 32.2. The minimum absolute atomic E-state index is 0.206. The van der Waals surface area contributed by atoms with Crippen LogP contribution in [0.25, 0.3) is 10.2 Å². The van der Waals surface area contributed by atoms with Crippen molar-refractivity contribution in [2.45, 2.75) is 51.1 Å². The molecule has 3 heterocycles. The Morgan fingerprint density at radius 3 is 2.61 bits per heavy atom. The zero-order chi connectivity index (χ0) is 25.4. The van der Waals surface area contributed by atoms with Gasteiger partial charge in [-0.3, -0.25) is 14.7 Å². The van der Waals surface area contributed by atoms with Crippen molar-refractivity contribution in [1.29, 1.82) is 0 Å². The number of sulfonamides is 1. The van der Waals surface area contributed by atoms with Crippen molar-refractivity contribution in [2.24, 2.45) is 0 Å². The smallest absolute Gasteiger partial charge is 0.247 e. The summed E-state index contributed by atoms with van der Waals surface area (Å²) in [6, 6.07) is 13.8. The summed E-state index contributed by atoms with van der Waals surface area (Å²) in [5.41, 5.74) is 4.88. The quantitative estimate of drug-likeness (QED) is 0.357. The van der Waals surface area contributed by atoms with E-state index in [1.807, 2.05) is 39.0 Å². The molecule has 1 aliphatic rings. The van der Waals surface area contributed by atoms with Gasteiger partial charge in [0.15, 0.2) is 5.13 Å². The second-order valence-electron chi connectivity index (χ2n) is 9.30. The Morgan fingerprint density at radius 1 is 1.11 bits per heavy atom. The van der Waals surface area contributed by atoms with Gasteiger partial charge in [0, 0.05) is 18.9 Å². The number of anilines is 1. The molecule has 0 radical (unpaired) electrons. The van der Waals surface area contributed by atoms with E-state index in [4.69, 9.17) is 4.98 Å². The highest BCUT2D eigenvalue weighted by molar-refractivity contribution is 7.89. The lowest BCUT2D eigenvalue weighted by atomic mass is 10.1. The number of hydrogen-bond acceptors (Lipinski definition) is 6. The maximum absolute atomic E-state index is 14.1. The van der Waals surface area contributed by atoms with Crippen LogP contribution in [0.15, 0.2) is 65.8 Å². The number of hydrogen-bond donors (Lipinski definition) is 0. The van der Waals surface area contributed by atoms with Crippen LogP contribution in [0.4, 0.5) is 5.13 Å². The Labute approximate surface area is 215 Å². The molecule has 0 bridgehead atoms. The molecule has 0 aliphatic carbocycles. The number of aryl methyl sites for hydroxylation is 3. The van der Waals surface area contributed by atoms with Gasteiger partial charge in [-0.15, -0.1) is 0 Å². The van der Waals surface area contributed by atoms with Gasteiger partial charge in [0.1, 0.15) is 6.04 Å². The van der Waals surface area contributed by atoms with Crippen molar-refractivity contribution in [3.63, 3.8) is 0 Å². The number of fused-ring (bicyclic) bond motifs is 1. The van der Waals surface area contributed by atoms with Gasteiger partial charge in [0.05, 0.1) is 21.7 Å². The Hall–Kier alpha value is -3.14. The van der Waals surface area contributed by atoms with Gasteiger partial charge in [0.2, 0.25) is 15.9 Å². The number of rotatable bonds is 6. The van der Waals surface area contributed by atoms with Crippen LogP contribution in [-0.2, 0) is 21.4 Å². The van der Waals surface area contributed by atoms with E-state index >= 15 is 0 Å². The predicted octanol–water partition coefficient (Wildman–Crippen LogP) is 5.00. The number of carbonyl (C=O) groups excluding carboxylic acids is 1. The molecule has 2 aromatic carbocycles. The first kappa shape index (κ1) is 24.5. The van der Waals surface area contributed by atoms with Crippen LogP contribution in [0, 0.1) is 20.8 Å². The van der Waals surface area contributed by atoms with E-state index in [1.54, 1.807) is 41.6 Å². The van der Waals surface area contributed by atoms with Crippen LogP contribution < -0.4 is 4.90 Å². The molecule has 1 fully saturated rings. The lowest BCUT2D eigenvalue weighted by molar-refractivity contribution is -0.121. The molecule has 1 atom stereocenters. The number of amides is 1.